The number of ether oxygens (including phenoxy) is 5. The van der Waals surface area contributed by atoms with Crippen LogP contribution in [-0.2, 0) is 47.3 Å². The molecule has 14 atom stereocenters. The molecule has 0 aromatic carbocycles. The summed E-state index contributed by atoms with van der Waals surface area (Å²) in [5.41, 5.74) is 1.82. The largest absolute Gasteiger partial charge is 0.456 e. The first-order chi connectivity index (χ1) is 29.4. The van der Waals surface area contributed by atoms with Gasteiger partial charge in [0.2, 0.25) is 5.79 Å². The third-order valence-electron chi connectivity index (χ3n) is 15.1. The van der Waals surface area contributed by atoms with Crippen molar-refractivity contribution in [3.63, 3.8) is 0 Å². The molecular weight excluding hydrogens is 823 g/mol. The van der Waals surface area contributed by atoms with Crippen molar-refractivity contribution in [2.75, 3.05) is 27.9 Å². The van der Waals surface area contributed by atoms with Gasteiger partial charge in [0.1, 0.15) is 24.0 Å². The Kier molecular flexibility index (Phi) is 19.0. The molecule has 0 aromatic heterocycles. The topological polar surface area (TPSA) is 167 Å². The van der Waals surface area contributed by atoms with Crippen molar-refractivity contribution in [2.24, 2.45) is 29.6 Å². The fraction of sp³-hybridized carbons (Fsp3) is 0.837. The van der Waals surface area contributed by atoms with E-state index in [4.69, 9.17) is 28.1 Å². The van der Waals surface area contributed by atoms with Gasteiger partial charge in [-0.25, -0.2) is 4.79 Å². The maximum Gasteiger partial charge on any atom is 0.329 e. The third kappa shape index (κ3) is 12.8. The summed E-state index contributed by atoms with van der Waals surface area (Å²) in [5.74, 6) is -6.88. The summed E-state index contributed by atoms with van der Waals surface area (Å²) in [6.45, 7) is 22.6. The Bertz CT molecular complexity index is 1640. The molecular formula is C49H83NO12Si. The number of rotatable bonds is 8. The lowest BCUT2D eigenvalue weighted by Crippen LogP contribution is -2.64. The van der Waals surface area contributed by atoms with Gasteiger partial charge in [0.25, 0.3) is 11.7 Å². The van der Waals surface area contributed by atoms with Gasteiger partial charge in [-0.2, -0.15) is 0 Å². The van der Waals surface area contributed by atoms with Gasteiger partial charge < -0.3 is 43.2 Å². The fourth-order valence-electron chi connectivity index (χ4n) is 10.1. The first-order valence-corrected chi connectivity index (χ1v) is 26.6. The average molecular weight is 906 g/mol. The molecule has 3 fully saturated rings. The molecule has 4 aliphatic rings. The van der Waals surface area contributed by atoms with E-state index in [-0.39, 0.29) is 60.5 Å². The Morgan fingerprint density at radius 1 is 0.921 bits per heavy atom. The highest BCUT2D eigenvalue weighted by atomic mass is 28.4. The van der Waals surface area contributed by atoms with Gasteiger partial charge in [-0.15, -0.1) is 0 Å². The number of fused-ring (bicyclic) bond motifs is 3. The summed E-state index contributed by atoms with van der Waals surface area (Å²) in [7, 11) is 2.19. The zero-order valence-electron chi connectivity index (χ0n) is 41.1. The highest BCUT2D eigenvalue weighted by Crippen LogP contribution is 2.42. The van der Waals surface area contributed by atoms with Crippen molar-refractivity contribution in [1.29, 1.82) is 0 Å². The maximum absolute atomic E-state index is 14.8. The zero-order chi connectivity index (χ0) is 47.2. The number of cyclic esters (lactones) is 1. The minimum absolute atomic E-state index is 0.0265. The Morgan fingerprint density at radius 3 is 2.16 bits per heavy atom. The summed E-state index contributed by atoms with van der Waals surface area (Å²) in [6, 6.07) is -1.11. The number of hydrogen-bond acceptors (Lipinski definition) is 12. The van der Waals surface area contributed by atoms with E-state index in [0.717, 1.165) is 11.1 Å². The molecule has 63 heavy (non-hydrogen) atoms. The minimum atomic E-state index is -2.52. The van der Waals surface area contributed by atoms with E-state index in [2.05, 4.69) is 52.9 Å². The van der Waals surface area contributed by atoms with Crippen LogP contribution in [0.15, 0.2) is 23.3 Å². The van der Waals surface area contributed by atoms with Gasteiger partial charge >= 0.3 is 5.97 Å². The number of piperidine rings is 1. The first-order valence-electron chi connectivity index (χ1n) is 23.7. The molecule has 1 aliphatic carbocycles. The Balaban J connectivity index is 1.88. The Hall–Kier alpha value is -2.30. The second-order valence-electron chi connectivity index (χ2n) is 21.0. The van der Waals surface area contributed by atoms with Crippen LogP contribution < -0.4 is 0 Å². The molecule has 14 heteroatoms. The predicted molar refractivity (Wildman–Crippen MR) is 244 cm³/mol. The first kappa shape index (κ1) is 53.3. The van der Waals surface area contributed by atoms with Gasteiger partial charge in [0.05, 0.1) is 30.5 Å². The summed E-state index contributed by atoms with van der Waals surface area (Å²) in [5, 5.41) is 22.6. The van der Waals surface area contributed by atoms with Gasteiger partial charge in [-0.3, -0.25) is 14.4 Å². The minimum Gasteiger partial charge on any atom is -0.456 e. The summed E-state index contributed by atoms with van der Waals surface area (Å²) in [4.78, 5) is 59.5. The van der Waals surface area contributed by atoms with Gasteiger partial charge in [-0.1, -0.05) is 66.2 Å². The number of allylic oxidation sites excluding steroid dienone is 3. The second kappa shape index (κ2) is 22.5. The summed E-state index contributed by atoms with van der Waals surface area (Å²) in [6.07, 6.45) is 5.14. The van der Waals surface area contributed by atoms with Crippen LogP contribution in [0.1, 0.15) is 133 Å². The van der Waals surface area contributed by atoms with Crippen LogP contribution in [0.25, 0.3) is 0 Å². The van der Waals surface area contributed by atoms with E-state index in [1.54, 1.807) is 28.3 Å². The summed E-state index contributed by atoms with van der Waals surface area (Å²) < 4.78 is 37.6. The molecule has 1 unspecified atom stereocenters. The van der Waals surface area contributed by atoms with Crippen LogP contribution in [-0.4, -0.2) is 129 Å². The number of hydrogen-bond donors (Lipinski definition) is 2. The van der Waals surface area contributed by atoms with Crippen LogP contribution in [0.2, 0.25) is 18.1 Å². The van der Waals surface area contributed by atoms with Crippen molar-refractivity contribution < 1.29 is 57.5 Å². The lowest BCUT2D eigenvalue weighted by atomic mass is 9.81. The Labute approximate surface area is 379 Å². The molecule has 4 rings (SSSR count). The highest BCUT2D eigenvalue weighted by molar-refractivity contribution is 6.74. The van der Waals surface area contributed by atoms with E-state index in [9.17, 15) is 29.4 Å². The molecule has 2 saturated heterocycles. The molecule has 3 aliphatic heterocycles. The number of nitrogens with zero attached hydrogens (tertiary/aromatic N) is 1. The number of carbonyl (C=O) groups is 4. The highest BCUT2D eigenvalue weighted by Gasteiger charge is 2.57. The average Bonchev–Trinajstić information content (AvgIpc) is 3.23. The molecule has 0 aromatic rings. The number of ketones is 2. The number of amides is 1. The lowest BCUT2D eigenvalue weighted by Gasteiger charge is -2.47. The van der Waals surface area contributed by atoms with Crippen LogP contribution in [0.5, 0.6) is 0 Å². The molecule has 2 N–H and O–H groups in total. The second-order valence-corrected chi connectivity index (χ2v) is 25.8. The van der Waals surface area contributed by atoms with Crippen molar-refractivity contribution in [2.45, 2.75) is 206 Å². The molecule has 1 amide bonds. The molecule has 3 heterocycles. The third-order valence-corrected chi connectivity index (χ3v) is 19.6. The molecule has 13 nitrogen and oxygen atoms in total. The van der Waals surface area contributed by atoms with Crippen LogP contribution in [0.4, 0.5) is 0 Å². The number of carbonyl (C=O) groups excluding carboxylic acids is 4. The predicted octanol–water partition coefficient (Wildman–Crippen LogP) is 7.50. The summed E-state index contributed by atoms with van der Waals surface area (Å²) >= 11 is 0. The number of esters is 1. The van der Waals surface area contributed by atoms with E-state index in [1.165, 1.54) is 4.90 Å². The van der Waals surface area contributed by atoms with Crippen LogP contribution in [0, 0.1) is 29.6 Å². The van der Waals surface area contributed by atoms with E-state index in [0.29, 0.717) is 51.4 Å². The lowest BCUT2D eigenvalue weighted by molar-refractivity contribution is -0.302. The molecule has 360 valence electrons. The monoisotopic (exact) mass is 906 g/mol. The van der Waals surface area contributed by atoms with Crippen LogP contribution in [0.3, 0.4) is 0 Å². The van der Waals surface area contributed by atoms with Crippen molar-refractivity contribution >= 4 is 31.8 Å². The van der Waals surface area contributed by atoms with Crippen molar-refractivity contribution in [3.05, 3.63) is 23.3 Å². The van der Waals surface area contributed by atoms with Crippen LogP contribution >= 0.6 is 0 Å². The Morgan fingerprint density at radius 2 is 1.56 bits per heavy atom. The number of methoxy groups -OCH3 is 3. The number of aliphatic hydroxyl groups excluding tert-OH is 1. The zero-order valence-corrected chi connectivity index (χ0v) is 42.1. The normalized spacial score (nSPS) is 38.0. The standard InChI is InChI=1S/C49H83NO12Si/c1-15-35-23-29(2)22-30(3)24-41(58-11)44-42(59-12)26-32(5)49(56,61-44)45(53)46(54)50-21-17-16-18-36(50)47(55)60-43(31(4)25-34-19-20-37(51)40(27-34)57-10)33(6)39(28-38(35)52)62-63(13,14)48(7,8)9/h23,25,30,32-37,39-44,51,56H,15-22,24,26-28H2,1-14H3/t30-,32+,33-,34?,35+,36-,37+,39-,40+,41-,42-,43+,44+,49+/m0/s1. The van der Waals surface area contributed by atoms with E-state index in [1.807, 2.05) is 27.7 Å². The van der Waals surface area contributed by atoms with E-state index >= 15 is 0 Å². The number of aliphatic hydroxyl groups is 2. The van der Waals surface area contributed by atoms with Gasteiger partial charge in [0.15, 0.2) is 8.32 Å². The SMILES string of the molecule is CC[C@@H]1C=C(C)C[C@H](C)C[C@H](OC)[C@H]2O[C@@](O)(C(=O)C(=O)N3CCCC[C@H]3C(=O)O[C@H](C(C)=CC3CC[C@@H](O)[C@H](OC)C3)[C@@H](C)[C@@H](O[Si](C)(C)C(C)(C)C)CC1=O)[C@H](C)C[C@@H]2OC. The maximum atomic E-state index is 14.8. The van der Waals surface area contributed by atoms with Gasteiger partial charge in [-0.05, 0) is 114 Å². The van der Waals surface area contributed by atoms with E-state index < -0.39 is 86.3 Å². The molecule has 0 radical (unpaired) electrons. The number of Topliss-reactive ketones (excluding diaryl/α,β-unsaturated/α-hetero) is 2. The molecule has 0 spiro atoms. The van der Waals surface area contributed by atoms with Gasteiger partial charge in [0, 0.05) is 52.0 Å². The smallest absolute Gasteiger partial charge is 0.329 e. The quantitative estimate of drug-likeness (QED) is 0.107. The molecule has 1 saturated carbocycles. The van der Waals surface area contributed by atoms with Crippen molar-refractivity contribution in [1.82, 2.24) is 4.90 Å². The molecule has 2 bridgehead atoms. The van der Waals surface area contributed by atoms with Crippen molar-refractivity contribution in [3.8, 4) is 0 Å². The fourth-order valence-corrected chi connectivity index (χ4v) is 11.5.